The number of alkyl carbamates (subject to hydrolysis) is 1. The van der Waals surface area contributed by atoms with Gasteiger partial charge in [0.15, 0.2) is 0 Å². The number of rotatable bonds is 5. The number of amides is 1. The Kier molecular flexibility index (Phi) is 14.4. The van der Waals surface area contributed by atoms with Gasteiger partial charge in [0, 0.05) is 6.54 Å². The summed E-state index contributed by atoms with van der Waals surface area (Å²) < 4.78 is 5.09. The quantitative estimate of drug-likeness (QED) is 0.735. The molecule has 100 valence electrons. The first-order valence-electron chi connectivity index (χ1n) is 5.42. The third kappa shape index (κ3) is 16.0. The van der Waals surface area contributed by atoms with Gasteiger partial charge in [0.05, 0.1) is 0 Å². The van der Waals surface area contributed by atoms with E-state index in [0.717, 1.165) is 13.0 Å². The monoisotopic (exact) mass is 254 g/mol. The number of halogens is 1. The highest BCUT2D eigenvalue weighted by Gasteiger charge is 2.15. The highest BCUT2D eigenvalue weighted by atomic mass is 35.5. The Bertz CT molecular complexity index is 170. The summed E-state index contributed by atoms with van der Waals surface area (Å²) in [5.41, 5.74) is -0.395. The van der Waals surface area contributed by atoms with E-state index in [1.807, 2.05) is 20.8 Å². The molecule has 0 unspecified atom stereocenters. The zero-order valence-electron chi connectivity index (χ0n) is 11.0. The van der Waals surface area contributed by atoms with E-state index >= 15 is 0 Å². The van der Waals surface area contributed by atoms with Gasteiger partial charge in [0.25, 0.3) is 0 Å². The average molecular weight is 255 g/mol. The van der Waals surface area contributed by atoms with Crippen LogP contribution in [0.3, 0.4) is 0 Å². The highest BCUT2D eigenvalue weighted by molar-refractivity contribution is 5.85. The van der Waals surface area contributed by atoms with Crippen molar-refractivity contribution in [2.24, 2.45) is 0 Å². The zero-order chi connectivity index (χ0) is 11.0. The molecule has 16 heavy (non-hydrogen) atoms. The van der Waals surface area contributed by atoms with Crippen molar-refractivity contribution in [3.63, 3.8) is 0 Å². The third-order valence-corrected chi connectivity index (χ3v) is 1.70. The molecule has 1 amide bonds. The van der Waals surface area contributed by atoms with Crippen LogP contribution in [-0.4, -0.2) is 18.2 Å². The first-order valence-corrected chi connectivity index (χ1v) is 5.42. The van der Waals surface area contributed by atoms with Crippen molar-refractivity contribution in [3.05, 3.63) is 0 Å². The van der Waals surface area contributed by atoms with E-state index in [4.69, 9.17) is 4.74 Å². The summed E-state index contributed by atoms with van der Waals surface area (Å²) in [6.45, 7) is 8.48. The van der Waals surface area contributed by atoms with Gasteiger partial charge in [-0.25, -0.2) is 4.79 Å². The number of hydrogen-bond acceptors (Lipinski definition) is 3. The summed E-state index contributed by atoms with van der Waals surface area (Å²) in [5.74, 6) is 0. The standard InChI is InChI=1S/C11H23NO2.ClH.H3N/c1-5-6-7-8-9-12-10(13)14-11(2,3)4;;/h5-9H2,1-4H3,(H,12,13);1H;1H3. The van der Waals surface area contributed by atoms with E-state index in [-0.39, 0.29) is 24.7 Å². The fourth-order valence-electron chi connectivity index (χ4n) is 1.06. The summed E-state index contributed by atoms with van der Waals surface area (Å²) in [6.07, 6.45) is 4.34. The fraction of sp³-hybridized carbons (Fsp3) is 0.909. The number of unbranched alkanes of at least 4 members (excludes halogenated alkanes) is 3. The molecule has 0 aliphatic carbocycles. The number of carbonyl (C=O) groups is 1. The van der Waals surface area contributed by atoms with E-state index < -0.39 is 5.60 Å². The molecule has 0 aromatic carbocycles. The molecule has 0 saturated carbocycles. The van der Waals surface area contributed by atoms with Gasteiger partial charge < -0.3 is 16.2 Å². The minimum atomic E-state index is -0.395. The van der Waals surface area contributed by atoms with Gasteiger partial charge in [-0.05, 0) is 27.2 Å². The molecular formula is C11H27ClN2O2. The lowest BCUT2D eigenvalue weighted by atomic mass is 10.2. The Morgan fingerprint density at radius 1 is 1.19 bits per heavy atom. The highest BCUT2D eigenvalue weighted by Crippen LogP contribution is 2.06. The van der Waals surface area contributed by atoms with Gasteiger partial charge >= 0.3 is 6.09 Å². The van der Waals surface area contributed by atoms with Crippen molar-refractivity contribution in [1.29, 1.82) is 0 Å². The second kappa shape index (κ2) is 11.0. The van der Waals surface area contributed by atoms with E-state index in [0.29, 0.717) is 0 Å². The smallest absolute Gasteiger partial charge is 0.407 e. The predicted octanol–water partition coefficient (Wildman–Crippen LogP) is 3.68. The van der Waals surface area contributed by atoms with Crippen LogP contribution in [0.25, 0.3) is 0 Å². The van der Waals surface area contributed by atoms with Crippen molar-refractivity contribution < 1.29 is 9.53 Å². The maximum absolute atomic E-state index is 11.2. The van der Waals surface area contributed by atoms with Crippen LogP contribution in [0.2, 0.25) is 0 Å². The molecule has 0 aliphatic rings. The van der Waals surface area contributed by atoms with E-state index in [9.17, 15) is 4.79 Å². The molecular weight excluding hydrogens is 228 g/mol. The van der Waals surface area contributed by atoms with Crippen molar-refractivity contribution in [3.8, 4) is 0 Å². The van der Waals surface area contributed by atoms with E-state index in [1.165, 1.54) is 19.3 Å². The minimum Gasteiger partial charge on any atom is -0.444 e. The molecule has 0 rings (SSSR count). The summed E-state index contributed by atoms with van der Waals surface area (Å²) >= 11 is 0. The topological polar surface area (TPSA) is 73.3 Å². The lowest BCUT2D eigenvalue weighted by Crippen LogP contribution is -2.32. The van der Waals surface area contributed by atoms with E-state index in [1.54, 1.807) is 0 Å². The number of nitrogens with one attached hydrogen (secondary N) is 1. The van der Waals surface area contributed by atoms with Gasteiger partial charge in [-0.15, -0.1) is 12.4 Å². The molecule has 0 saturated heterocycles. The van der Waals surface area contributed by atoms with Crippen LogP contribution in [-0.2, 0) is 4.74 Å². The minimum absolute atomic E-state index is 0. The van der Waals surface area contributed by atoms with Gasteiger partial charge in [0.1, 0.15) is 5.60 Å². The summed E-state index contributed by atoms with van der Waals surface area (Å²) in [4.78, 5) is 11.2. The van der Waals surface area contributed by atoms with Crippen LogP contribution in [0.1, 0.15) is 53.4 Å². The number of hydrogen-bond donors (Lipinski definition) is 2. The molecule has 0 aromatic heterocycles. The average Bonchev–Trinajstić information content (AvgIpc) is 2.00. The molecule has 0 radical (unpaired) electrons. The fourth-order valence-corrected chi connectivity index (χ4v) is 1.06. The van der Waals surface area contributed by atoms with Crippen LogP contribution in [0.5, 0.6) is 0 Å². The second-order valence-electron chi connectivity index (χ2n) is 4.49. The molecule has 0 bridgehead atoms. The van der Waals surface area contributed by atoms with Crippen LogP contribution in [0.4, 0.5) is 4.79 Å². The van der Waals surface area contributed by atoms with Crippen LogP contribution in [0, 0.1) is 0 Å². The number of carbonyl (C=O) groups excluding carboxylic acids is 1. The zero-order valence-corrected chi connectivity index (χ0v) is 11.8. The SMILES string of the molecule is CCCCCCNC(=O)OC(C)(C)C.Cl.N. The lowest BCUT2D eigenvalue weighted by molar-refractivity contribution is 0.0527. The van der Waals surface area contributed by atoms with Crippen molar-refractivity contribution in [1.82, 2.24) is 11.5 Å². The molecule has 0 fully saturated rings. The Balaban J connectivity index is -0.000000845. The third-order valence-electron chi connectivity index (χ3n) is 1.70. The van der Waals surface area contributed by atoms with Crippen LogP contribution < -0.4 is 11.5 Å². The summed E-state index contributed by atoms with van der Waals surface area (Å²) in [6, 6.07) is 0. The first kappa shape index (κ1) is 20.9. The lowest BCUT2D eigenvalue weighted by Gasteiger charge is -2.19. The van der Waals surface area contributed by atoms with Gasteiger partial charge in [-0.1, -0.05) is 26.2 Å². The van der Waals surface area contributed by atoms with Crippen molar-refractivity contribution in [2.75, 3.05) is 6.54 Å². The van der Waals surface area contributed by atoms with Gasteiger partial charge in [0.2, 0.25) is 0 Å². The maximum Gasteiger partial charge on any atom is 0.407 e. The summed E-state index contributed by atoms with van der Waals surface area (Å²) in [5, 5.41) is 2.74. The summed E-state index contributed by atoms with van der Waals surface area (Å²) in [7, 11) is 0. The molecule has 0 atom stereocenters. The molecule has 0 heterocycles. The van der Waals surface area contributed by atoms with Crippen LogP contribution in [0.15, 0.2) is 0 Å². The maximum atomic E-state index is 11.2. The molecule has 5 heteroatoms. The van der Waals surface area contributed by atoms with Crippen molar-refractivity contribution in [2.45, 2.75) is 59.0 Å². The van der Waals surface area contributed by atoms with Crippen LogP contribution >= 0.6 is 12.4 Å². The number of ether oxygens (including phenoxy) is 1. The molecule has 0 spiro atoms. The Morgan fingerprint density at radius 3 is 2.19 bits per heavy atom. The largest absolute Gasteiger partial charge is 0.444 e. The molecule has 4 N–H and O–H groups in total. The van der Waals surface area contributed by atoms with Crippen molar-refractivity contribution >= 4 is 18.5 Å². The van der Waals surface area contributed by atoms with Gasteiger partial charge in [-0.3, -0.25) is 0 Å². The Hall–Kier alpha value is -0.480. The normalized spacial score (nSPS) is 9.75. The predicted molar refractivity (Wildman–Crippen MR) is 70.6 cm³/mol. The molecule has 4 nitrogen and oxygen atoms in total. The molecule has 0 aromatic rings. The van der Waals surface area contributed by atoms with Gasteiger partial charge in [-0.2, -0.15) is 0 Å². The molecule has 0 aliphatic heterocycles. The van der Waals surface area contributed by atoms with E-state index in [2.05, 4.69) is 12.2 Å². The second-order valence-corrected chi connectivity index (χ2v) is 4.49. The Morgan fingerprint density at radius 2 is 1.75 bits per heavy atom. The first-order chi connectivity index (χ1) is 6.45. The Labute approximate surface area is 106 Å².